The van der Waals surface area contributed by atoms with Crippen LogP contribution in [-0.2, 0) is 4.79 Å². The summed E-state index contributed by atoms with van der Waals surface area (Å²) < 4.78 is 0. The van der Waals surface area contributed by atoms with Gasteiger partial charge in [-0.2, -0.15) is 5.26 Å². The highest BCUT2D eigenvalue weighted by molar-refractivity contribution is 5.69. The van der Waals surface area contributed by atoms with E-state index in [4.69, 9.17) is 10.4 Å². The maximum absolute atomic E-state index is 10.8. The number of carboxylic acid groups (broad SMARTS) is 1. The highest BCUT2D eigenvalue weighted by atomic mass is 16.4. The number of benzene rings is 1. The molecule has 1 aromatic carbocycles. The summed E-state index contributed by atoms with van der Waals surface area (Å²) in [6, 6.07) is 8.50. The van der Waals surface area contributed by atoms with Crippen LogP contribution in [0.25, 0.3) is 0 Å². The van der Waals surface area contributed by atoms with Crippen molar-refractivity contribution < 1.29 is 15.0 Å². The van der Waals surface area contributed by atoms with E-state index >= 15 is 0 Å². The molecule has 90 valence electrons. The highest BCUT2D eigenvalue weighted by Crippen LogP contribution is 2.27. The molecule has 1 rings (SSSR count). The van der Waals surface area contributed by atoms with Crippen LogP contribution >= 0.6 is 0 Å². The topological polar surface area (TPSA) is 81.3 Å². The number of nitriles is 1. The lowest BCUT2D eigenvalue weighted by atomic mass is 9.87. The first-order valence-corrected chi connectivity index (χ1v) is 5.38. The number of aliphatic hydroxyl groups is 1. The van der Waals surface area contributed by atoms with Crippen LogP contribution in [0.3, 0.4) is 0 Å². The molecule has 0 fully saturated rings. The van der Waals surface area contributed by atoms with Gasteiger partial charge in [0.05, 0.1) is 23.7 Å². The number of aliphatic hydroxyl groups excluding tert-OH is 1. The smallest absolute Gasteiger partial charge is 0.306 e. The van der Waals surface area contributed by atoms with E-state index in [0.29, 0.717) is 11.1 Å². The lowest BCUT2D eigenvalue weighted by Crippen LogP contribution is -2.23. The Morgan fingerprint density at radius 1 is 1.29 bits per heavy atom. The number of aliphatic carboxylic acids is 1. The number of nitrogens with zero attached hydrogens (tertiary/aromatic N) is 1. The number of carbonyl (C=O) groups is 1. The Morgan fingerprint density at radius 2 is 1.82 bits per heavy atom. The Labute approximate surface area is 100 Å². The largest absolute Gasteiger partial charge is 0.481 e. The van der Waals surface area contributed by atoms with E-state index < -0.39 is 18.0 Å². The van der Waals surface area contributed by atoms with Crippen molar-refractivity contribution in [2.24, 2.45) is 11.8 Å². The van der Waals surface area contributed by atoms with Crippen molar-refractivity contribution in [3.8, 4) is 6.07 Å². The minimum Gasteiger partial charge on any atom is -0.481 e. The molecule has 0 amide bonds. The fourth-order valence-corrected chi connectivity index (χ4v) is 1.56. The third kappa shape index (κ3) is 3.05. The van der Waals surface area contributed by atoms with Crippen molar-refractivity contribution in [1.82, 2.24) is 0 Å². The first-order chi connectivity index (χ1) is 7.97. The molecule has 4 heteroatoms. The minimum absolute atomic E-state index is 0.388. The molecule has 0 spiro atoms. The van der Waals surface area contributed by atoms with Crippen molar-refractivity contribution >= 4 is 5.97 Å². The predicted octanol–water partition coefficient (Wildman–Crippen LogP) is 1.95. The summed E-state index contributed by atoms with van der Waals surface area (Å²) in [7, 11) is 0. The summed E-state index contributed by atoms with van der Waals surface area (Å²) in [5.74, 6) is -1.94. The first-order valence-electron chi connectivity index (χ1n) is 5.38. The fraction of sp³-hybridized carbons (Fsp3) is 0.385. The molecule has 0 aliphatic carbocycles. The molecule has 0 saturated heterocycles. The zero-order valence-corrected chi connectivity index (χ0v) is 9.79. The third-order valence-corrected chi connectivity index (χ3v) is 3.06. The van der Waals surface area contributed by atoms with Crippen LogP contribution in [-0.4, -0.2) is 16.2 Å². The van der Waals surface area contributed by atoms with Gasteiger partial charge in [0, 0.05) is 0 Å². The summed E-state index contributed by atoms with van der Waals surface area (Å²) in [6.45, 7) is 3.27. The Balaban J connectivity index is 2.85. The fourth-order valence-electron chi connectivity index (χ4n) is 1.56. The van der Waals surface area contributed by atoms with E-state index in [1.165, 1.54) is 0 Å². The Hall–Kier alpha value is -1.86. The van der Waals surface area contributed by atoms with Gasteiger partial charge in [-0.3, -0.25) is 4.79 Å². The molecule has 0 saturated carbocycles. The number of carboxylic acids is 1. The van der Waals surface area contributed by atoms with Crippen LogP contribution in [0.5, 0.6) is 0 Å². The van der Waals surface area contributed by atoms with E-state index in [0.717, 1.165) is 0 Å². The lowest BCUT2D eigenvalue weighted by Gasteiger charge is -2.22. The highest BCUT2D eigenvalue weighted by Gasteiger charge is 2.26. The van der Waals surface area contributed by atoms with Crippen molar-refractivity contribution in [3.05, 3.63) is 35.4 Å². The number of rotatable bonds is 4. The molecule has 17 heavy (non-hydrogen) atoms. The summed E-state index contributed by atoms with van der Waals surface area (Å²) in [4.78, 5) is 10.8. The van der Waals surface area contributed by atoms with E-state index in [1.807, 2.05) is 6.07 Å². The molecule has 0 aliphatic rings. The average molecular weight is 233 g/mol. The number of hydrogen-bond acceptors (Lipinski definition) is 3. The van der Waals surface area contributed by atoms with Crippen LogP contribution in [0.15, 0.2) is 24.3 Å². The van der Waals surface area contributed by atoms with Gasteiger partial charge in [0.2, 0.25) is 0 Å². The van der Waals surface area contributed by atoms with E-state index in [1.54, 1.807) is 38.1 Å². The van der Waals surface area contributed by atoms with E-state index in [-0.39, 0.29) is 5.92 Å². The van der Waals surface area contributed by atoms with E-state index in [9.17, 15) is 9.90 Å². The molecule has 3 atom stereocenters. The zero-order valence-electron chi connectivity index (χ0n) is 9.79. The second-order valence-corrected chi connectivity index (χ2v) is 4.16. The molecular weight excluding hydrogens is 218 g/mol. The molecule has 1 aromatic rings. The van der Waals surface area contributed by atoms with Crippen molar-refractivity contribution in [2.45, 2.75) is 20.0 Å². The molecule has 0 aliphatic heterocycles. The Kier molecular flexibility index (Phi) is 4.24. The third-order valence-electron chi connectivity index (χ3n) is 3.06. The van der Waals surface area contributed by atoms with Gasteiger partial charge in [-0.15, -0.1) is 0 Å². The van der Waals surface area contributed by atoms with Gasteiger partial charge in [-0.05, 0) is 23.6 Å². The molecule has 0 heterocycles. The lowest BCUT2D eigenvalue weighted by molar-refractivity contribution is -0.144. The number of hydrogen-bond donors (Lipinski definition) is 2. The molecule has 0 bridgehead atoms. The SMILES string of the molecule is CC(C(=O)O)C(C)C(O)c1ccc(C#N)cc1. The van der Waals surface area contributed by atoms with Crippen LogP contribution in [0, 0.1) is 23.2 Å². The molecule has 2 N–H and O–H groups in total. The molecular formula is C13H15NO3. The average Bonchev–Trinajstić information content (AvgIpc) is 2.36. The quantitative estimate of drug-likeness (QED) is 0.832. The summed E-state index contributed by atoms with van der Waals surface area (Å²) in [6.07, 6.45) is -0.839. The van der Waals surface area contributed by atoms with Crippen LogP contribution < -0.4 is 0 Å². The van der Waals surface area contributed by atoms with Gasteiger partial charge in [0.15, 0.2) is 0 Å². The van der Waals surface area contributed by atoms with Gasteiger partial charge in [0.25, 0.3) is 0 Å². The Bertz CT molecular complexity index is 433. The standard InChI is InChI=1S/C13H15NO3/c1-8(9(2)13(16)17)12(15)11-5-3-10(7-14)4-6-11/h3-6,8-9,12,15H,1-2H3,(H,16,17). The second-order valence-electron chi connectivity index (χ2n) is 4.16. The van der Waals surface area contributed by atoms with Crippen LogP contribution in [0.4, 0.5) is 0 Å². The summed E-state index contributed by atoms with van der Waals surface area (Å²) in [5.41, 5.74) is 1.14. The van der Waals surface area contributed by atoms with Crippen LogP contribution in [0.2, 0.25) is 0 Å². The van der Waals surface area contributed by atoms with Crippen molar-refractivity contribution in [2.75, 3.05) is 0 Å². The summed E-state index contributed by atoms with van der Waals surface area (Å²) in [5, 5.41) is 27.5. The minimum atomic E-state index is -0.926. The van der Waals surface area contributed by atoms with Crippen LogP contribution in [0.1, 0.15) is 31.1 Å². The molecule has 3 unspecified atom stereocenters. The van der Waals surface area contributed by atoms with Gasteiger partial charge < -0.3 is 10.2 Å². The van der Waals surface area contributed by atoms with Gasteiger partial charge in [-0.1, -0.05) is 26.0 Å². The summed E-state index contributed by atoms with van der Waals surface area (Å²) >= 11 is 0. The predicted molar refractivity (Wildman–Crippen MR) is 62.1 cm³/mol. The molecule has 4 nitrogen and oxygen atoms in total. The van der Waals surface area contributed by atoms with Crippen molar-refractivity contribution in [3.63, 3.8) is 0 Å². The monoisotopic (exact) mass is 233 g/mol. The Morgan fingerprint density at radius 3 is 2.24 bits per heavy atom. The maximum Gasteiger partial charge on any atom is 0.306 e. The van der Waals surface area contributed by atoms with Crippen molar-refractivity contribution in [1.29, 1.82) is 5.26 Å². The van der Waals surface area contributed by atoms with E-state index in [2.05, 4.69) is 0 Å². The first kappa shape index (κ1) is 13.2. The van der Waals surface area contributed by atoms with Gasteiger partial charge in [-0.25, -0.2) is 0 Å². The van der Waals surface area contributed by atoms with Gasteiger partial charge in [0.1, 0.15) is 0 Å². The molecule has 0 radical (unpaired) electrons. The normalized spacial score (nSPS) is 15.6. The van der Waals surface area contributed by atoms with Gasteiger partial charge >= 0.3 is 5.97 Å². The second kappa shape index (κ2) is 5.46. The molecule has 0 aromatic heterocycles. The maximum atomic E-state index is 10.8. The zero-order chi connectivity index (χ0) is 13.0.